The van der Waals surface area contributed by atoms with E-state index in [-0.39, 0.29) is 5.78 Å². The van der Waals surface area contributed by atoms with Gasteiger partial charge in [-0.05, 0) is 12.8 Å². The van der Waals surface area contributed by atoms with Crippen LogP contribution >= 0.6 is 0 Å². The lowest BCUT2D eigenvalue weighted by Crippen LogP contribution is -2.11. The van der Waals surface area contributed by atoms with Crippen molar-refractivity contribution in [1.29, 1.82) is 0 Å². The molecule has 0 aromatic carbocycles. The average molecular weight is 236 g/mol. The van der Waals surface area contributed by atoms with Crippen LogP contribution in [0.3, 0.4) is 0 Å². The summed E-state index contributed by atoms with van der Waals surface area (Å²) in [5, 5.41) is 6.32. The first kappa shape index (κ1) is 13.4. The number of rotatable bonds is 7. The van der Waals surface area contributed by atoms with Gasteiger partial charge in [-0.2, -0.15) is 0 Å². The van der Waals surface area contributed by atoms with Crippen molar-refractivity contribution in [2.75, 3.05) is 23.7 Å². The number of Topliss-reactive ketones (excluding diaryl/α,β-unsaturated/α-hetero) is 1. The van der Waals surface area contributed by atoms with Crippen LogP contribution in [0.25, 0.3) is 0 Å². The first-order valence-corrected chi connectivity index (χ1v) is 5.87. The lowest BCUT2D eigenvalue weighted by Gasteiger charge is -2.09. The molecule has 1 heterocycles. The van der Waals surface area contributed by atoms with Gasteiger partial charge in [0, 0.05) is 25.6 Å². The van der Waals surface area contributed by atoms with Crippen LogP contribution in [0.5, 0.6) is 0 Å². The predicted octanol–water partition coefficient (Wildman–Crippen LogP) is 1.94. The fourth-order valence-electron chi connectivity index (χ4n) is 1.23. The standard InChI is InChI=1S/C12H20N4O/c1-9(2)7-14-12-6-11(15-8-16-12)13-5-4-10(3)17/h6,8-9H,4-5,7H2,1-3H3,(H2,13,14,15,16). The molecule has 1 rings (SSSR count). The Bertz CT molecular complexity index is 365. The van der Waals surface area contributed by atoms with Gasteiger partial charge in [0.15, 0.2) is 0 Å². The number of carbonyl (C=O) groups excluding carboxylic acids is 1. The second-order valence-electron chi connectivity index (χ2n) is 4.44. The van der Waals surface area contributed by atoms with Gasteiger partial charge >= 0.3 is 0 Å². The van der Waals surface area contributed by atoms with Crippen LogP contribution in [0.4, 0.5) is 11.6 Å². The highest BCUT2D eigenvalue weighted by Gasteiger charge is 2.00. The summed E-state index contributed by atoms with van der Waals surface area (Å²) in [5.74, 6) is 2.29. The van der Waals surface area contributed by atoms with E-state index in [0.717, 1.165) is 18.2 Å². The van der Waals surface area contributed by atoms with Gasteiger partial charge in [-0.1, -0.05) is 13.8 Å². The Kier molecular flexibility index (Phi) is 5.39. The predicted molar refractivity (Wildman–Crippen MR) is 69.1 cm³/mol. The maximum atomic E-state index is 10.8. The minimum absolute atomic E-state index is 0.171. The zero-order valence-corrected chi connectivity index (χ0v) is 10.7. The third-order valence-corrected chi connectivity index (χ3v) is 2.14. The Hall–Kier alpha value is -1.65. The second kappa shape index (κ2) is 6.83. The molecule has 17 heavy (non-hydrogen) atoms. The number of hydrogen-bond donors (Lipinski definition) is 2. The summed E-state index contributed by atoms with van der Waals surface area (Å²) < 4.78 is 0. The van der Waals surface area contributed by atoms with Gasteiger partial charge in [-0.25, -0.2) is 9.97 Å². The molecule has 0 amide bonds. The molecule has 0 aliphatic heterocycles. The summed E-state index contributed by atoms with van der Waals surface area (Å²) in [4.78, 5) is 19.0. The lowest BCUT2D eigenvalue weighted by molar-refractivity contribution is -0.116. The second-order valence-corrected chi connectivity index (χ2v) is 4.44. The minimum Gasteiger partial charge on any atom is -0.370 e. The van der Waals surface area contributed by atoms with E-state index in [0.29, 0.717) is 18.9 Å². The molecule has 1 aromatic heterocycles. The summed E-state index contributed by atoms with van der Waals surface area (Å²) in [7, 11) is 0. The number of hydrogen-bond acceptors (Lipinski definition) is 5. The van der Waals surface area contributed by atoms with Crippen LogP contribution in [0.15, 0.2) is 12.4 Å². The summed E-state index contributed by atoms with van der Waals surface area (Å²) in [5.41, 5.74) is 0. The SMILES string of the molecule is CC(=O)CCNc1cc(NCC(C)C)ncn1. The van der Waals surface area contributed by atoms with Crippen LogP contribution in [0, 0.1) is 5.92 Å². The Morgan fingerprint density at radius 2 is 1.94 bits per heavy atom. The van der Waals surface area contributed by atoms with Gasteiger partial charge in [-0.15, -0.1) is 0 Å². The summed E-state index contributed by atoms with van der Waals surface area (Å²) in [6.07, 6.45) is 2.03. The van der Waals surface area contributed by atoms with Crippen molar-refractivity contribution in [3.05, 3.63) is 12.4 Å². The molecule has 0 radical (unpaired) electrons. The highest BCUT2D eigenvalue weighted by molar-refractivity contribution is 5.75. The largest absolute Gasteiger partial charge is 0.370 e. The molecule has 1 aromatic rings. The van der Waals surface area contributed by atoms with Crippen LogP contribution in [-0.2, 0) is 4.79 Å². The maximum absolute atomic E-state index is 10.8. The third kappa shape index (κ3) is 5.85. The van der Waals surface area contributed by atoms with E-state index in [1.807, 2.05) is 6.07 Å². The fourth-order valence-corrected chi connectivity index (χ4v) is 1.23. The Morgan fingerprint density at radius 3 is 2.53 bits per heavy atom. The first-order valence-electron chi connectivity index (χ1n) is 5.87. The van der Waals surface area contributed by atoms with E-state index >= 15 is 0 Å². The monoisotopic (exact) mass is 236 g/mol. The van der Waals surface area contributed by atoms with E-state index in [9.17, 15) is 4.79 Å². The van der Waals surface area contributed by atoms with Gasteiger partial charge in [-0.3, -0.25) is 4.79 Å². The number of anilines is 2. The van der Waals surface area contributed by atoms with Crippen molar-refractivity contribution in [2.45, 2.75) is 27.2 Å². The Balaban J connectivity index is 2.45. The maximum Gasteiger partial charge on any atom is 0.131 e. The van der Waals surface area contributed by atoms with E-state index in [2.05, 4.69) is 34.4 Å². The van der Waals surface area contributed by atoms with E-state index in [1.54, 1.807) is 6.92 Å². The molecule has 5 heteroatoms. The van der Waals surface area contributed by atoms with Gasteiger partial charge in [0.25, 0.3) is 0 Å². The topological polar surface area (TPSA) is 66.9 Å². The van der Waals surface area contributed by atoms with Gasteiger partial charge in [0.05, 0.1) is 0 Å². The molecule has 0 aliphatic carbocycles. The number of ketones is 1. The van der Waals surface area contributed by atoms with Crippen molar-refractivity contribution in [2.24, 2.45) is 5.92 Å². The quantitative estimate of drug-likeness (QED) is 0.757. The first-order chi connectivity index (χ1) is 8.08. The fraction of sp³-hybridized carbons (Fsp3) is 0.583. The van der Waals surface area contributed by atoms with Crippen LogP contribution in [0.1, 0.15) is 27.2 Å². The molecule has 0 saturated heterocycles. The number of carbonyl (C=O) groups is 1. The molecule has 5 nitrogen and oxygen atoms in total. The van der Waals surface area contributed by atoms with E-state index in [4.69, 9.17) is 0 Å². The van der Waals surface area contributed by atoms with E-state index in [1.165, 1.54) is 6.33 Å². The molecule has 94 valence electrons. The molecule has 0 spiro atoms. The van der Waals surface area contributed by atoms with Crippen molar-refractivity contribution in [3.8, 4) is 0 Å². The average Bonchev–Trinajstić information content (AvgIpc) is 2.26. The molecule has 0 unspecified atom stereocenters. The number of nitrogens with one attached hydrogen (secondary N) is 2. The minimum atomic E-state index is 0.171. The van der Waals surface area contributed by atoms with Crippen molar-refractivity contribution < 1.29 is 4.79 Å². The zero-order valence-electron chi connectivity index (χ0n) is 10.7. The smallest absolute Gasteiger partial charge is 0.131 e. The summed E-state index contributed by atoms with van der Waals surface area (Å²) in [6.45, 7) is 7.34. The summed E-state index contributed by atoms with van der Waals surface area (Å²) in [6, 6.07) is 1.85. The normalized spacial score (nSPS) is 10.4. The molecular formula is C12H20N4O. The molecule has 0 fully saturated rings. The highest BCUT2D eigenvalue weighted by atomic mass is 16.1. The van der Waals surface area contributed by atoms with Crippen LogP contribution in [0.2, 0.25) is 0 Å². The molecule has 0 aliphatic rings. The van der Waals surface area contributed by atoms with Crippen molar-refractivity contribution >= 4 is 17.4 Å². The van der Waals surface area contributed by atoms with Gasteiger partial charge < -0.3 is 10.6 Å². The number of nitrogens with zero attached hydrogens (tertiary/aromatic N) is 2. The van der Waals surface area contributed by atoms with Crippen LogP contribution < -0.4 is 10.6 Å². The molecule has 0 bridgehead atoms. The van der Waals surface area contributed by atoms with Crippen molar-refractivity contribution in [1.82, 2.24) is 9.97 Å². The molecule has 0 saturated carbocycles. The molecule has 0 atom stereocenters. The highest BCUT2D eigenvalue weighted by Crippen LogP contribution is 2.09. The van der Waals surface area contributed by atoms with Crippen molar-refractivity contribution in [3.63, 3.8) is 0 Å². The molecule has 2 N–H and O–H groups in total. The molecular weight excluding hydrogens is 216 g/mol. The summed E-state index contributed by atoms with van der Waals surface area (Å²) >= 11 is 0. The number of aromatic nitrogens is 2. The zero-order chi connectivity index (χ0) is 12.7. The van der Waals surface area contributed by atoms with Crippen LogP contribution in [-0.4, -0.2) is 28.8 Å². The van der Waals surface area contributed by atoms with E-state index < -0.39 is 0 Å². The lowest BCUT2D eigenvalue weighted by atomic mass is 10.2. The van der Waals surface area contributed by atoms with Gasteiger partial charge in [0.2, 0.25) is 0 Å². The third-order valence-electron chi connectivity index (χ3n) is 2.14. The van der Waals surface area contributed by atoms with Gasteiger partial charge in [0.1, 0.15) is 23.7 Å². The Labute approximate surface area is 102 Å². The Morgan fingerprint density at radius 1 is 1.29 bits per heavy atom.